The molecule has 84 valence electrons. The largest absolute Gasteiger partial charge is 0.466 e. The number of ether oxygens (including phenoxy) is 1. The number of carbonyl (C=O) groups is 1. The van der Waals surface area contributed by atoms with Crippen molar-refractivity contribution in [1.82, 2.24) is 0 Å². The molecule has 1 unspecified atom stereocenters. The van der Waals surface area contributed by atoms with Crippen LogP contribution in [0.15, 0.2) is 0 Å². The smallest absolute Gasteiger partial charge is 0.415 e. The van der Waals surface area contributed by atoms with E-state index in [-0.39, 0.29) is 6.61 Å². The van der Waals surface area contributed by atoms with Gasteiger partial charge in [-0.1, -0.05) is 0 Å². The molecule has 0 amide bonds. The maximum Gasteiger partial charge on any atom is 0.415 e. The van der Waals surface area contributed by atoms with Gasteiger partial charge in [0.1, 0.15) is 0 Å². The topological polar surface area (TPSA) is 46.5 Å². The first kappa shape index (κ1) is 13.2. The van der Waals surface area contributed by atoms with Crippen molar-refractivity contribution < 1.29 is 27.8 Å². The molecular formula is C8H13F3O3. The van der Waals surface area contributed by atoms with E-state index in [9.17, 15) is 18.0 Å². The van der Waals surface area contributed by atoms with Crippen LogP contribution in [0.2, 0.25) is 0 Å². The van der Waals surface area contributed by atoms with Crippen molar-refractivity contribution in [2.75, 3.05) is 6.61 Å². The van der Waals surface area contributed by atoms with Gasteiger partial charge in [-0.25, -0.2) is 0 Å². The van der Waals surface area contributed by atoms with Gasteiger partial charge in [0, 0.05) is 0 Å². The molecule has 0 fully saturated rings. The van der Waals surface area contributed by atoms with Crippen LogP contribution in [0.3, 0.4) is 0 Å². The van der Waals surface area contributed by atoms with Crippen molar-refractivity contribution in [1.29, 1.82) is 0 Å². The molecule has 14 heavy (non-hydrogen) atoms. The van der Waals surface area contributed by atoms with Crippen molar-refractivity contribution >= 4 is 5.97 Å². The number of aliphatic hydroxyl groups is 1. The lowest BCUT2D eigenvalue weighted by molar-refractivity contribution is -0.238. The zero-order valence-corrected chi connectivity index (χ0v) is 8.18. The molecule has 0 aromatic carbocycles. The Morgan fingerprint density at radius 3 is 2.14 bits per heavy atom. The first-order valence-corrected chi connectivity index (χ1v) is 4.06. The first-order valence-electron chi connectivity index (χ1n) is 4.06. The molecule has 0 rings (SSSR count). The molecule has 0 radical (unpaired) electrons. The molecule has 0 saturated heterocycles. The summed E-state index contributed by atoms with van der Waals surface area (Å²) < 4.78 is 40.7. The SMILES string of the molecule is CCOC(=O)C(C)(C)C(O)C(F)(F)F. The van der Waals surface area contributed by atoms with E-state index in [0.29, 0.717) is 0 Å². The number of alkyl halides is 3. The zero-order valence-electron chi connectivity index (χ0n) is 8.18. The van der Waals surface area contributed by atoms with E-state index in [2.05, 4.69) is 4.74 Å². The molecule has 6 heteroatoms. The second-order valence-corrected chi connectivity index (χ2v) is 3.39. The molecule has 0 saturated carbocycles. The maximum atomic E-state index is 12.1. The van der Waals surface area contributed by atoms with Gasteiger partial charge < -0.3 is 9.84 Å². The second-order valence-electron chi connectivity index (χ2n) is 3.39. The van der Waals surface area contributed by atoms with E-state index in [1.165, 1.54) is 6.92 Å². The predicted molar refractivity (Wildman–Crippen MR) is 42.5 cm³/mol. The van der Waals surface area contributed by atoms with E-state index >= 15 is 0 Å². The van der Waals surface area contributed by atoms with Gasteiger partial charge in [0.05, 0.1) is 12.0 Å². The summed E-state index contributed by atoms with van der Waals surface area (Å²) in [6.45, 7) is 3.44. The monoisotopic (exact) mass is 214 g/mol. The van der Waals surface area contributed by atoms with Gasteiger partial charge in [-0.2, -0.15) is 13.2 Å². The third-order valence-electron chi connectivity index (χ3n) is 1.80. The fourth-order valence-electron chi connectivity index (χ4n) is 0.838. The number of hydrogen-bond donors (Lipinski definition) is 1. The Balaban J connectivity index is 4.69. The third kappa shape index (κ3) is 2.87. The molecule has 1 atom stereocenters. The van der Waals surface area contributed by atoms with Crippen LogP contribution in [0.4, 0.5) is 13.2 Å². The number of aliphatic hydroxyl groups excluding tert-OH is 1. The summed E-state index contributed by atoms with van der Waals surface area (Å²) >= 11 is 0. The highest BCUT2D eigenvalue weighted by atomic mass is 19.4. The van der Waals surface area contributed by atoms with E-state index in [1.54, 1.807) is 0 Å². The standard InChI is InChI=1S/C8H13F3O3/c1-4-14-6(13)7(2,3)5(12)8(9,10)11/h5,12H,4H2,1-3H3. The highest BCUT2D eigenvalue weighted by molar-refractivity contribution is 5.76. The summed E-state index contributed by atoms with van der Waals surface area (Å²) in [5.41, 5.74) is -1.98. The highest BCUT2D eigenvalue weighted by Crippen LogP contribution is 2.34. The summed E-state index contributed by atoms with van der Waals surface area (Å²) in [5.74, 6) is -1.06. The fraction of sp³-hybridized carbons (Fsp3) is 0.875. The van der Waals surface area contributed by atoms with Crippen molar-refractivity contribution in [3.63, 3.8) is 0 Å². The molecule has 0 aromatic rings. The average Bonchev–Trinajstić information content (AvgIpc) is 2.01. The number of carbonyl (C=O) groups excluding carboxylic acids is 1. The predicted octanol–water partition coefficient (Wildman–Crippen LogP) is 1.50. The van der Waals surface area contributed by atoms with Crippen LogP contribution in [0.1, 0.15) is 20.8 Å². The van der Waals surface area contributed by atoms with E-state index in [4.69, 9.17) is 5.11 Å². The minimum atomic E-state index is -4.82. The van der Waals surface area contributed by atoms with Gasteiger partial charge in [-0.15, -0.1) is 0 Å². The quantitative estimate of drug-likeness (QED) is 0.724. The maximum absolute atomic E-state index is 12.1. The van der Waals surface area contributed by atoms with Gasteiger partial charge in [0.2, 0.25) is 0 Å². The Kier molecular flexibility index (Phi) is 3.93. The fourth-order valence-corrected chi connectivity index (χ4v) is 0.838. The molecule has 0 aromatic heterocycles. The summed E-state index contributed by atoms with van der Waals surface area (Å²) in [6, 6.07) is 0. The lowest BCUT2D eigenvalue weighted by Crippen LogP contribution is -2.47. The van der Waals surface area contributed by atoms with Crippen LogP contribution in [0.25, 0.3) is 0 Å². The lowest BCUT2D eigenvalue weighted by atomic mass is 9.86. The summed E-state index contributed by atoms with van der Waals surface area (Å²) in [6.07, 6.45) is -7.54. The molecule has 0 aliphatic rings. The average molecular weight is 214 g/mol. The zero-order chi connectivity index (χ0) is 11.6. The summed E-state index contributed by atoms with van der Waals surface area (Å²) in [4.78, 5) is 11.1. The number of esters is 1. The van der Waals surface area contributed by atoms with Gasteiger partial charge in [-0.3, -0.25) is 4.79 Å². The molecule has 0 aliphatic carbocycles. The molecule has 1 N–H and O–H groups in total. The van der Waals surface area contributed by atoms with E-state index in [0.717, 1.165) is 13.8 Å². The Morgan fingerprint density at radius 2 is 1.86 bits per heavy atom. The molecule has 0 bridgehead atoms. The van der Waals surface area contributed by atoms with Gasteiger partial charge in [-0.05, 0) is 20.8 Å². The van der Waals surface area contributed by atoms with Crippen LogP contribution in [0.5, 0.6) is 0 Å². The van der Waals surface area contributed by atoms with Crippen LogP contribution in [0, 0.1) is 5.41 Å². The molecule has 3 nitrogen and oxygen atoms in total. The molecule has 0 aliphatic heterocycles. The second kappa shape index (κ2) is 4.16. The van der Waals surface area contributed by atoms with E-state index < -0.39 is 23.7 Å². The Morgan fingerprint density at radius 1 is 1.43 bits per heavy atom. The summed E-state index contributed by atoms with van der Waals surface area (Å²) in [7, 11) is 0. The van der Waals surface area contributed by atoms with Crippen LogP contribution in [-0.4, -0.2) is 30.0 Å². The Labute approximate surface area is 79.9 Å². The normalized spacial score (nSPS) is 15.1. The Hall–Kier alpha value is -0.780. The number of rotatable bonds is 3. The first-order chi connectivity index (χ1) is 6.14. The molecular weight excluding hydrogens is 201 g/mol. The molecule has 0 spiro atoms. The lowest BCUT2D eigenvalue weighted by Gasteiger charge is -2.29. The van der Waals surface area contributed by atoms with Crippen molar-refractivity contribution in [3.8, 4) is 0 Å². The van der Waals surface area contributed by atoms with Gasteiger partial charge in [0.25, 0.3) is 0 Å². The summed E-state index contributed by atoms with van der Waals surface area (Å²) in [5, 5.41) is 8.88. The van der Waals surface area contributed by atoms with Gasteiger partial charge >= 0.3 is 12.1 Å². The highest BCUT2D eigenvalue weighted by Gasteiger charge is 2.52. The minimum absolute atomic E-state index is 0.0210. The number of halogens is 3. The van der Waals surface area contributed by atoms with Crippen molar-refractivity contribution in [3.05, 3.63) is 0 Å². The van der Waals surface area contributed by atoms with Crippen LogP contribution < -0.4 is 0 Å². The Bertz CT molecular complexity index is 210. The third-order valence-corrected chi connectivity index (χ3v) is 1.80. The molecule has 0 heterocycles. The van der Waals surface area contributed by atoms with Crippen molar-refractivity contribution in [2.45, 2.75) is 33.1 Å². The van der Waals surface area contributed by atoms with Crippen LogP contribution in [-0.2, 0) is 9.53 Å². The number of hydrogen-bond acceptors (Lipinski definition) is 3. The van der Waals surface area contributed by atoms with Crippen LogP contribution >= 0.6 is 0 Å². The van der Waals surface area contributed by atoms with Gasteiger partial charge in [0.15, 0.2) is 6.10 Å². The van der Waals surface area contributed by atoms with E-state index in [1.807, 2.05) is 0 Å². The minimum Gasteiger partial charge on any atom is -0.466 e. The van der Waals surface area contributed by atoms with Crippen molar-refractivity contribution in [2.24, 2.45) is 5.41 Å².